The van der Waals surface area contributed by atoms with Gasteiger partial charge in [0.1, 0.15) is 11.0 Å². The van der Waals surface area contributed by atoms with Gasteiger partial charge in [0.2, 0.25) is 0 Å². The van der Waals surface area contributed by atoms with Crippen LogP contribution < -0.4 is 0 Å². The van der Waals surface area contributed by atoms with Gasteiger partial charge in [-0.1, -0.05) is 25.4 Å². The Bertz CT molecular complexity index is 364. The van der Waals surface area contributed by atoms with Gasteiger partial charge in [0.25, 0.3) is 0 Å². The second kappa shape index (κ2) is 4.71. The first-order valence-electron chi connectivity index (χ1n) is 5.39. The number of rotatable bonds is 3. The lowest BCUT2D eigenvalue weighted by Crippen LogP contribution is -2.06. The predicted molar refractivity (Wildman–Crippen MR) is 65.4 cm³/mol. The summed E-state index contributed by atoms with van der Waals surface area (Å²) in [6.07, 6.45) is 2.16. The van der Waals surface area contributed by atoms with Crippen molar-refractivity contribution in [2.45, 2.75) is 44.1 Å². The summed E-state index contributed by atoms with van der Waals surface area (Å²) in [5, 5.41) is 0.673. The quantitative estimate of drug-likeness (QED) is 0.755. The molecule has 0 aromatic carbocycles. The van der Waals surface area contributed by atoms with Crippen molar-refractivity contribution in [3.8, 4) is 0 Å². The molecule has 0 unspecified atom stereocenters. The smallest absolute Gasteiger partial charge is 0.137 e. The number of fused-ring (bicyclic) bond motifs is 1. The van der Waals surface area contributed by atoms with Crippen LogP contribution in [0.15, 0.2) is 0 Å². The monoisotopic (exact) mass is 242 g/mol. The highest BCUT2D eigenvalue weighted by molar-refractivity contribution is 7.98. The van der Waals surface area contributed by atoms with Crippen LogP contribution >= 0.6 is 23.4 Å². The molecule has 15 heavy (non-hydrogen) atoms. The minimum Gasteiger partial charge on any atom is -0.236 e. The summed E-state index contributed by atoms with van der Waals surface area (Å²) in [6.45, 7) is 4.35. The lowest BCUT2D eigenvalue weighted by Gasteiger charge is -2.12. The Kier molecular flexibility index (Phi) is 3.52. The topological polar surface area (TPSA) is 25.8 Å². The molecule has 4 heteroatoms. The first-order valence-corrected chi connectivity index (χ1v) is 6.92. The van der Waals surface area contributed by atoms with E-state index in [2.05, 4.69) is 23.8 Å². The van der Waals surface area contributed by atoms with E-state index in [0.29, 0.717) is 11.1 Å². The molecule has 0 N–H and O–H groups in total. The van der Waals surface area contributed by atoms with Crippen molar-refractivity contribution in [1.82, 2.24) is 9.97 Å². The van der Waals surface area contributed by atoms with E-state index in [0.717, 1.165) is 41.4 Å². The number of hydrogen-bond donors (Lipinski definition) is 0. The minimum atomic E-state index is 0.457. The molecular formula is C11H15ClN2S. The molecule has 82 valence electrons. The molecule has 0 spiro atoms. The highest BCUT2D eigenvalue weighted by Crippen LogP contribution is 2.34. The average Bonchev–Trinajstić information content (AvgIpc) is 2.68. The van der Waals surface area contributed by atoms with Crippen molar-refractivity contribution in [2.24, 2.45) is 0 Å². The zero-order valence-corrected chi connectivity index (χ0v) is 10.7. The van der Waals surface area contributed by atoms with E-state index in [1.54, 1.807) is 0 Å². The standard InChI is InChI=1S/C11H15ClN2S/c1-3-7(4-2)11-13-9-6-15-5-8(9)10(12)14-11/h7H,3-6H2,1-2H3. The maximum absolute atomic E-state index is 6.17. The molecule has 1 aliphatic rings. The van der Waals surface area contributed by atoms with Gasteiger partial charge in [0.15, 0.2) is 0 Å². The molecule has 0 amide bonds. The Hall–Kier alpha value is -0.280. The lowest BCUT2D eigenvalue weighted by atomic mass is 10.0. The zero-order chi connectivity index (χ0) is 10.8. The van der Waals surface area contributed by atoms with Gasteiger partial charge in [-0.15, -0.1) is 0 Å². The number of nitrogens with zero attached hydrogens (tertiary/aromatic N) is 2. The summed E-state index contributed by atoms with van der Waals surface area (Å²) in [5.41, 5.74) is 2.30. The average molecular weight is 243 g/mol. The van der Waals surface area contributed by atoms with Crippen molar-refractivity contribution in [2.75, 3.05) is 0 Å². The van der Waals surface area contributed by atoms with E-state index in [-0.39, 0.29) is 0 Å². The third-order valence-electron chi connectivity index (χ3n) is 2.90. The van der Waals surface area contributed by atoms with E-state index in [1.165, 1.54) is 0 Å². The van der Waals surface area contributed by atoms with Gasteiger partial charge in [0.05, 0.1) is 5.69 Å². The number of aromatic nitrogens is 2. The Balaban J connectivity index is 2.38. The molecule has 0 saturated carbocycles. The molecule has 2 rings (SSSR count). The van der Waals surface area contributed by atoms with Gasteiger partial charge in [-0.3, -0.25) is 0 Å². The number of thioether (sulfide) groups is 1. The Morgan fingerprint density at radius 2 is 2.00 bits per heavy atom. The molecular weight excluding hydrogens is 228 g/mol. The van der Waals surface area contributed by atoms with Gasteiger partial charge < -0.3 is 0 Å². The molecule has 0 fully saturated rings. The minimum absolute atomic E-state index is 0.457. The maximum atomic E-state index is 6.17. The Morgan fingerprint density at radius 1 is 1.27 bits per heavy atom. The van der Waals surface area contributed by atoms with Crippen molar-refractivity contribution < 1.29 is 0 Å². The number of halogens is 1. The molecule has 1 aromatic heterocycles. The highest BCUT2D eigenvalue weighted by atomic mass is 35.5. The summed E-state index contributed by atoms with van der Waals surface area (Å²) >= 11 is 8.03. The van der Waals surface area contributed by atoms with Crippen molar-refractivity contribution in [3.63, 3.8) is 0 Å². The lowest BCUT2D eigenvalue weighted by molar-refractivity contribution is 0.598. The molecule has 1 aromatic rings. The van der Waals surface area contributed by atoms with Crippen LogP contribution in [0.3, 0.4) is 0 Å². The first kappa shape index (κ1) is 11.2. The summed E-state index contributed by atoms with van der Waals surface area (Å²) in [7, 11) is 0. The zero-order valence-electron chi connectivity index (χ0n) is 9.09. The largest absolute Gasteiger partial charge is 0.236 e. The second-order valence-electron chi connectivity index (χ2n) is 3.80. The van der Waals surface area contributed by atoms with E-state index in [1.807, 2.05) is 11.8 Å². The molecule has 0 atom stereocenters. The van der Waals surface area contributed by atoms with Gasteiger partial charge >= 0.3 is 0 Å². The molecule has 1 aliphatic heterocycles. The fourth-order valence-corrected chi connectivity index (χ4v) is 3.25. The Labute approximate surface area is 99.8 Å². The van der Waals surface area contributed by atoms with Crippen molar-refractivity contribution in [1.29, 1.82) is 0 Å². The summed E-state index contributed by atoms with van der Waals surface area (Å²) in [6, 6.07) is 0. The van der Waals surface area contributed by atoms with Crippen LogP contribution in [0.25, 0.3) is 0 Å². The Morgan fingerprint density at radius 3 is 2.67 bits per heavy atom. The van der Waals surface area contributed by atoms with Gasteiger partial charge in [-0.05, 0) is 12.8 Å². The third kappa shape index (κ3) is 2.13. The molecule has 2 nitrogen and oxygen atoms in total. The molecule has 0 saturated heterocycles. The van der Waals surface area contributed by atoms with E-state index >= 15 is 0 Å². The van der Waals surface area contributed by atoms with E-state index in [4.69, 9.17) is 11.6 Å². The number of hydrogen-bond acceptors (Lipinski definition) is 3. The summed E-state index contributed by atoms with van der Waals surface area (Å²) < 4.78 is 0. The summed E-state index contributed by atoms with van der Waals surface area (Å²) in [5.74, 6) is 3.35. The SMILES string of the molecule is CCC(CC)c1nc(Cl)c2c(n1)CSC2. The molecule has 0 aliphatic carbocycles. The third-order valence-corrected chi connectivity index (χ3v) is 4.18. The first-order chi connectivity index (χ1) is 7.26. The van der Waals surface area contributed by atoms with Crippen molar-refractivity contribution in [3.05, 3.63) is 22.2 Å². The van der Waals surface area contributed by atoms with Gasteiger partial charge in [-0.25, -0.2) is 9.97 Å². The molecule has 2 heterocycles. The van der Waals surface area contributed by atoms with Gasteiger partial charge in [-0.2, -0.15) is 11.8 Å². The second-order valence-corrected chi connectivity index (χ2v) is 5.15. The maximum Gasteiger partial charge on any atom is 0.137 e. The molecule has 0 radical (unpaired) electrons. The van der Waals surface area contributed by atoms with Crippen LogP contribution in [0.1, 0.15) is 49.7 Å². The van der Waals surface area contributed by atoms with Crippen LogP contribution in [0, 0.1) is 0 Å². The van der Waals surface area contributed by atoms with Crippen LogP contribution in [0.5, 0.6) is 0 Å². The normalized spacial score (nSPS) is 14.7. The van der Waals surface area contributed by atoms with Crippen molar-refractivity contribution >= 4 is 23.4 Å². The van der Waals surface area contributed by atoms with E-state index in [9.17, 15) is 0 Å². The highest BCUT2D eigenvalue weighted by Gasteiger charge is 2.20. The summed E-state index contributed by atoms with van der Waals surface area (Å²) in [4.78, 5) is 9.07. The fraction of sp³-hybridized carbons (Fsp3) is 0.636. The van der Waals surface area contributed by atoms with E-state index < -0.39 is 0 Å². The predicted octanol–water partition coefficient (Wildman–Crippen LogP) is 3.78. The van der Waals surface area contributed by atoms with Crippen LogP contribution in [0.2, 0.25) is 5.15 Å². The van der Waals surface area contributed by atoms with Crippen LogP contribution in [0.4, 0.5) is 0 Å². The fourth-order valence-electron chi connectivity index (χ4n) is 1.87. The molecule has 0 bridgehead atoms. The van der Waals surface area contributed by atoms with Gasteiger partial charge in [0, 0.05) is 23.0 Å². The van der Waals surface area contributed by atoms with Crippen LogP contribution in [-0.2, 0) is 11.5 Å². The van der Waals surface area contributed by atoms with Crippen LogP contribution in [-0.4, -0.2) is 9.97 Å².